The second kappa shape index (κ2) is 7.54. The third-order valence-corrected chi connectivity index (χ3v) is 3.83. The Morgan fingerprint density at radius 2 is 1.95 bits per heavy atom. The zero-order chi connectivity index (χ0) is 13.5. The van der Waals surface area contributed by atoms with Gasteiger partial charge in [-0.25, -0.2) is 0 Å². The highest BCUT2D eigenvalue weighted by Crippen LogP contribution is 2.32. The van der Waals surface area contributed by atoms with Gasteiger partial charge in [0.2, 0.25) is 0 Å². The zero-order valence-electron chi connectivity index (χ0n) is 12.3. The van der Waals surface area contributed by atoms with Gasteiger partial charge in [0.1, 0.15) is 12.4 Å². The molecule has 1 N–H and O–H groups in total. The summed E-state index contributed by atoms with van der Waals surface area (Å²) in [4.78, 5) is 0. The molecule has 0 aliphatic heterocycles. The van der Waals surface area contributed by atoms with Crippen molar-refractivity contribution in [1.29, 1.82) is 0 Å². The van der Waals surface area contributed by atoms with Crippen molar-refractivity contribution in [3.63, 3.8) is 0 Å². The summed E-state index contributed by atoms with van der Waals surface area (Å²) in [5.74, 6) is 1.84. The van der Waals surface area contributed by atoms with E-state index < -0.39 is 0 Å². The molecule has 106 valence electrons. The lowest BCUT2D eigenvalue weighted by Gasteiger charge is -2.18. The van der Waals surface area contributed by atoms with Crippen LogP contribution in [-0.4, -0.2) is 19.2 Å². The first-order chi connectivity index (χ1) is 9.33. The molecule has 2 heteroatoms. The van der Waals surface area contributed by atoms with Gasteiger partial charge in [0.05, 0.1) is 0 Å². The van der Waals surface area contributed by atoms with Gasteiger partial charge >= 0.3 is 0 Å². The molecule has 1 fully saturated rings. The second-order valence-corrected chi connectivity index (χ2v) is 5.56. The SMILES string of the molecule is CCCCc1ccc(OCC(NCC)C2CC2)cc1. The molecule has 1 aromatic rings. The summed E-state index contributed by atoms with van der Waals surface area (Å²) in [5.41, 5.74) is 1.42. The van der Waals surface area contributed by atoms with E-state index in [1.165, 1.54) is 37.7 Å². The molecule has 0 heterocycles. The normalized spacial score (nSPS) is 16.3. The molecule has 0 aromatic heterocycles. The molecular weight excluding hydrogens is 234 g/mol. The number of hydrogen-bond donors (Lipinski definition) is 1. The number of nitrogens with one attached hydrogen (secondary N) is 1. The van der Waals surface area contributed by atoms with E-state index in [1.807, 2.05) is 0 Å². The van der Waals surface area contributed by atoms with Crippen LogP contribution in [0.15, 0.2) is 24.3 Å². The Balaban J connectivity index is 1.78. The van der Waals surface area contributed by atoms with Crippen molar-refractivity contribution < 1.29 is 4.74 Å². The van der Waals surface area contributed by atoms with Crippen molar-refractivity contribution in [3.8, 4) is 5.75 Å². The largest absolute Gasteiger partial charge is 0.492 e. The van der Waals surface area contributed by atoms with Crippen LogP contribution in [0.3, 0.4) is 0 Å². The van der Waals surface area contributed by atoms with E-state index in [0.717, 1.165) is 24.8 Å². The van der Waals surface area contributed by atoms with Crippen molar-refractivity contribution in [1.82, 2.24) is 5.32 Å². The molecular formula is C17H27NO. The predicted octanol–water partition coefficient (Wildman–Crippen LogP) is 3.80. The number of unbranched alkanes of at least 4 members (excludes halogenated alkanes) is 1. The average Bonchev–Trinajstić information content (AvgIpc) is 3.27. The van der Waals surface area contributed by atoms with Gasteiger partial charge in [-0.3, -0.25) is 0 Å². The summed E-state index contributed by atoms with van der Waals surface area (Å²) in [5, 5.41) is 3.53. The molecule has 1 saturated carbocycles. The summed E-state index contributed by atoms with van der Waals surface area (Å²) in [6.45, 7) is 6.22. The van der Waals surface area contributed by atoms with E-state index in [0.29, 0.717) is 6.04 Å². The Kier molecular flexibility index (Phi) is 5.71. The predicted molar refractivity (Wildman–Crippen MR) is 80.7 cm³/mol. The van der Waals surface area contributed by atoms with Crippen LogP contribution in [0.1, 0.15) is 45.1 Å². The van der Waals surface area contributed by atoms with E-state index in [9.17, 15) is 0 Å². The van der Waals surface area contributed by atoms with Gasteiger partial charge in [-0.15, -0.1) is 0 Å². The highest BCUT2D eigenvalue weighted by Gasteiger charge is 2.30. The number of benzene rings is 1. The quantitative estimate of drug-likeness (QED) is 0.730. The van der Waals surface area contributed by atoms with Crippen molar-refractivity contribution in [2.24, 2.45) is 5.92 Å². The van der Waals surface area contributed by atoms with Crippen molar-refractivity contribution in [3.05, 3.63) is 29.8 Å². The standard InChI is InChI=1S/C17H27NO/c1-3-5-6-14-7-11-16(12-8-14)19-13-17(18-4-2)15-9-10-15/h7-8,11-12,15,17-18H,3-6,9-10,13H2,1-2H3. The minimum absolute atomic E-state index is 0.532. The van der Waals surface area contributed by atoms with E-state index in [2.05, 4.69) is 43.4 Å². The minimum atomic E-state index is 0.532. The number of hydrogen-bond acceptors (Lipinski definition) is 2. The Labute approximate surface area is 117 Å². The van der Waals surface area contributed by atoms with Gasteiger partial charge in [-0.2, -0.15) is 0 Å². The summed E-state index contributed by atoms with van der Waals surface area (Å²) in [7, 11) is 0. The molecule has 2 rings (SSSR count). The Bertz CT molecular complexity index is 356. The lowest BCUT2D eigenvalue weighted by atomic mass is 10.1. The van der Waals surface area contributed by atoms with Gasteiger partial charge in [0.25, 0.3) is 0 Å². The first kappa shape index (κ1) is 14.4. The molecule has 0 saturated heterocycles. The number of likely N-dealkylation sites (N-methyl/N-ethyl adjacent to an activating group) is 1. The first-order valence-corrected chi connectivity index (χ1v) is 7.78. The van der Waals surface area contributed by atoms with Crippen LogP contribution in [0, 0.1) is 5.92 Å². The van der Waals surface area contributed by atoms with Crippen molar-refractivity contribution in [2.45, 2.75) is 52.0 Å². The average molecular weight is 261 g/mol. The topological polar surface area (TPSA) is 21.3 Å². The highest BCUT2D eigenvalue weighted by molar-refractivity contribution is 5.27. The van der Waals surface area contributed by atoms with Crippen LogP contribution in [0.2, 0.25) is 0 Å². The minimum Gasteiger partial charge on any atom is -0.492 e. The maximum absolute atomic E-state index is 5.92. The maximum Gasteiger partial charge on any atom is 0.119 e. The van der Waals surface area contributed by atoms with Gasteiger partial charge < -0.3 is 10.1 Å². The van der Waals surface area contributed by atoms with E-state index in [4.69, 9.17) is 4.74 Å². The van der Waals surface area contributed by atoms with Crippen LogP contribution in [0.25, 0.3) is 0 Å². The van der Waals surface area contributed by atoms with Crippen LogP contribution in [0.5, 0.6) is 5.75 Å². The molecule has 0 spiro atoms. The zero-order valence-corrected chi connectivity index (χ0v) is 12.3. The summed E-state index contributed by atoms with van der Waals surface area (Å²) in [6.07, 6.45) is 6.42. The Hall–Kier alpha value is -1.02. The Morgan fingerprint density at radius 3 is 2.53 bits per heavy atom. The smallest absolute Gasteiger partial charge is 0.119 e. The molecule has 1 aromatic carbocycles. The van der Waals surface area contributed by atoms with Gasteiger partial charge in [-0.05, 0) is 55.8 Å². The monoisotopic (exact) mass is 261 g/mol. The molecule has 1 aliphatic rings. The fourth-order valence-electron chi connectivity index (χ4n) is 2.44. The van der Waals surface area contributed by atoms with Gasteiger partial charge in [-0.1, -0.05) is 32.4 Å². The van der Waals surface area contributed by atoms with Crippen LogP contribution >= 0.6 is 0 Å². The number of ether oxygens (including phenoxy) is 1. The molecule has 0 amide bonds. The van der Waals surface area contributed by atoms with Crippen LogP contribution in [-0.2, 0) is 6.42 Å². The molecule has 1 aliphatic carbocycles. The van der Waals surface area contributed by atoms with Crippen molar-refractivity contribution in [2.75, 3.05) is 13.2 Å². The Morgan fingerprint density at radius 1 is 1.21 bits per heavy atom. The van der Waals surface area contributed by atoms with E-state index in [-0.39, 0.29) is 0 Å². The fourth-order valence-corrected chi connectivity index (χ4v) is 2.44. The first-order valence-electron chi connectivity index (χ1n) is 7.78. The van der Waals surface area contributed by atoms with Gasteiger partial charge in [0.15, 0.2) is 0 Å². The molecule has 0 bridgehead atoms. The van der Waals surface area contributed by atoms with Crippen LogP contribution in [0.4, 0.5) is 0 Å². The number of aryl methyl sites for hydroxylation is 1. The van der Waals surface area contributed by atoms with Crippen molar-refractivity contribution >= 4 is 0 Å². The summed E-state index contributed by atoms with van der Waals surface area (Å²) in [6, 6.07) is 9.15. The lowest BCUT2D eigenvalue weighted by molar-refractivity contribution is 0.251. The van der Waals surface area contributed by atoms with Crippen LogP contribution < -0.4 is 10.1 Å². The molecule has 2 nitrogen and oxygen atoms in total. The molecule has 0 radical (unpaired) electrons. The maximum atomic E-state index is 5.92. The summed E-state index contributed by atoms with van der Waals surface area (Å²) >= 11 is 0. The van der Waals surface area contributed by atoms with E-state index >= 15 is 0 Å². The second-order valence-electron chi connectivity index (χ2n) is 5.56. The molecule has 19 heavy (non-hydrogen) atoms. The fraction of sp³-hybridized carbons (Fsp3) is 0.647. The van der Waals surface area contributed by atoms with E-state index in [1.54, 1.807) is 0 Å². The van der Waals surface area contributed by atoms with Gasteiger partial charge in [0, 0.05) is 6.04 Å². The molecule has 1 atom stereocenters. The molecule has 1 unspecified atom stereocenters. The lowest BCUT2D eigenvalue weighted by Crippen LogP contribution is -2.36. The highest BCUT2D eigenvalue weighted by atomic mass is 16.5. The third-order valence-electron chi connectivity index (χ3n) is 3.83. The number of rotatable bonds is 9. The summed E-state index contributed by atoms with van der Waals surface area (Å²) < 4.78 is 5.92. The third kappa shape index (κ3) is 4.87.